The van der Waals surface area contributed by atoms with E-state index in [1.165, 1.54) is 0 Å². The Morgan fingerprint density at radius 2 is 1.94 bits per heavy atom. The molecule has 2 amide bonds. The molecule has 0 spiro atoms. The second kappa shape index (κ2) is 8.54. The molecule has 0 unspecified atom stereocenters. The van der Waals surface area contributed by atoms with Crippen molar-refractivity contribution in [1.29, 1.82) is 0 Å². The third kappa shape index (κ3) is 3.89. The number of furan rings is 1. The summed E-state index contributed by atoms with van der Waals surface area (Å²) in [4.78, 5) is 32.3. The number of benzene rings is 2. The van der Waals surface area contributed by atoms with Crippen molar-refractivity contribution < 1.29 is 14.0 Å². The van der Waals surface area contributed by atoms with Crippen molar-refractivity contribution in [2.45, 2.75) is 26.3 Å². The highest BCUT2D eigenvalue weighted by atomic mass is 16.3. The van der Waals surface area contributed by atoms with Crippen LogP contribution in [0.25, 0.3) is 22.1 Å². The van der Waals surface area contributed by atoms with E-state index in [-0.39, 0.29) is 11.8 Å². The van der Waals surface area contributed by atoms with Gasteiger partial charge < -0.3 is 14.6 Å². The van der Waals surface area contributed by atoms with Gasteiger partial charge in [0.2, 0.25) is 5.91 Å². The van der Waals surface area contributed by atoms with E-state index in [4.69, 9.17) is 4.42 Å². The summed E-state index contributed by atoms with van der Waals surface area (Å²) in [7, 11) is 0. The summed E-state index contributed by atoms with van der Waals surface area (Å²) in [5.41, 5.74) is 5.53. The average molecular weight is 440 g/mol. The molecule has 0 aliphatic carbocycles. The standard InChI is InChI=1S/C27H25N3O3/c1-17-6-3-10-22-18(2)25(33-24(17)22)27(32)30-13-12-29-26(31)23(30)15-19-7-4-8-20(14-19)21-9-5-11-28-16-21/h3-11,14,16,23H,12-13,15H2,1-2H3,(H,29,31)/t23-/m0/s1. The van der Waals surface area contributed by atoms with Gasteiger partial charge in [-0.05, 0) is 42.2 Å². The summed E-state index contributed by atoms with van der Waals surface area (Å²) in [6.45, 7) is 4.73. The number of aromatic nitrogens is 1. The van der Waals surface area contributed by atoms with Crippen LogP contribution in [0, 0.1) is 13.8 Å². The van der Waals surface area contributed by atoms with Gasteiger partial charge in [0.05, 0.1) is 0 Å². The molecule has 33 heavy (non-hydrogen) atoms. The first kappa shape index (κ1) is 20.9. The van der Waals surface area contributed by atoms with Gasteiger partial charge in [0, 0.05) is 42.9 Å². The summed E-state index contributed by atoms with van der Waals surface area (Å²) < 4.78 is 6.03. The number of pyridine rings is 1. The second-order valence-corrected chi connectivity index (χ2v) is 8.46. The Hall–Kier alpha value is -3.93. The van der Waals surface area contributed by atoms with E-state index >= 15 is 0 Å². The molecule has 6 nitrogen and oxygen atoms in total. The van der Waals surface area contributed by atoms with Crippen LogP contribution in [-0.2, 0) is 11.2 Å². The number of fused-ring (bicyclic) bond motifs is 1. The maximum Gasteiger partial charge on any atom is 0.290 e. The van der Waals surface area contributed by atoms with Gasteiger partial charge in [-0.2, -0.15) is 0 Å². The van der Waals surface area contributed by atoms with Crippen molar-refractivity contribution in [3.05, 3.63) is 89.4 Å². The lowest BCUT2D eigenvalue weighted by molar-refractivity contribution is -0.127. The number of para-hydroxylation sites is 1. The molecule has 0 saturated carbocycles. The quantitative estimate of drug-likeness (QED) is 0.515. The minimum absolute atomic E-state index is 0.147. The number of rotatable bonds is 4. The molecule has 4 aromatic rings. The van der Waals surface area contributed by atoms with Gasteiger partial charge in [-0.15, -0.1) is 0 Å². The minimum Gasteiger partial charge on any atom is -0.450 e. The van der Waals surface area contributed by atoms with Crippen molar-refractivity contribution in [1.82, 2.24) is 15.2 Å². The van der Waals surface area contributed by atoms with Gasteiger partial charge in [0.1, 0.15) is 11.6 Å². The Balaban J connectivity index is 1.46. The Morgan fingerprint density at radius 3 is 2.73 bits per heavy atom. The van der Waals surface area contributed by atoms with E-state index in [1.807, 2.05) is 68.6 Å². The summed E-state index contributed by atoms with van der Waals surface area (Å²) in [5, 5.41) is 3.84. The van der Waals surface area contributed by atoms with E-state index in [0.717, 1.165) is 38.8 Å². The zero-order chi connectivity index (χ0) is 22.9. The second-order valence-electron chi connectivity index (χ2n) is 8.46. The van der Waals surface area contributed by atoms with Gasteiger partial charge in [-0.1, -0.05) is 48.5 Å². The maximum absolute atomic E-state index is 13.6. The number of hydrogen-bond donors (Lipinski definition) is 1. The highest BCUT2D eigenvalue weighted by molar-refractivity contribution is 6.01. The monoisotopic (exact) mass is 439 g/mol. The number of amides is 2. The number of carbonyl (C=O) groups is 2. The van der Waals surface area contributed by atoms with Crippen LogP contribution in [-0.4, -0.2) is 40.8 Å². The normalized spacial score (nSPS) is 16.1. The fourth-order valence-electron chi connectivity index (χ4n) is 4.51. The molecule has 6 heteroatoms. The molecule has 3 heterocycles. The lowest BCUT2D eigenvalue weighted by Gasteiger charge is -2.34. The number of nitrogens with one attached hydrogen (secondary N) is 1. The number of nitrogens with zero attached hydrogens (tertiary/aromatic N) is 2. The van der Waals surface area contributed by atoms with E-state index < -0.39 is 6.04 Å². The van der Waals surface area contributed by atoms with Crippen molar-refractivity contribution in [2.75, 3.05) is 13.1 Å². The summed E-state index contributed by atoms with van der Waals surface area (Å²) >= 11 is 0. The van der Waals surface area contributed by atoms with Crippen molar-refractivity contribution >= 4 is 22.8 Å². The Morgan fingerprint density at radius 1 is 1.12 bits per heavy atom. The molecule has 1 N–H and O–H groups in total. The molecule has 0 bridgehead atoms. The average Bonchev–Trinajstić information content (AvgIpc) is 3.18. The van der Waals surface area contributed by atoms with E-state index in [9.17, 15) is 9.59 Å². The Kier molecular flexibility index (Phi) is 5.42. The first-order valence-electron chi connectivity index (χ1n) is 11.1. The molecule has 2 aromatic carbocycles. The van der Waals surface area contributed by atoms with E-state index in [2.05, 4.69) is 16.4 Å². The highest BCUT2D eigenvalue weighted by Gasteiger charge is 2.36. The van der Waals surface area contributed by atoms with Crippen molar-refractivity contribution in [3.8, 4) is 11.1 Å². The van der Waals surface area contributed by atoms with Crippen molar-refractivity contribution in [3.63, 3.8) is 0 Å². The number of piperazine rings is 1. The molecule has 0 radical (unpaired) electrons. The molecule has 1 saturated heterocycles. The smallest absolute Gasteiger partial charge is 0.290 e. The molecule has 1 aliphatic heterocycles. The molecule has 166 valence electrons. The van der Waals surface area contributed by atoms with Crippen LogP contribution < -0.4 is 5.32 Å². The number of aryl methyl sites for hydroxylation is 2. The molecule has 1 fully saturated rings. The predicted octanol–water partition coefficient (Wildman–Crippen LogP) is 4.29. The van der Waals surface area contributed by atoms with Crippen LogP contribution in [0.5, 0.6) is 0 Å². The fraction of sp³-hybridized carbons (Fsp3) is 0.222. The zero-order valence-electron chi connectivity index (χ0n) is 18.7. The predicted molar refractivity (Wildman–Crippen MR) is 127 cm³/mol. The molecule has 5 rings (SSSR count). The van der Waals surface area contributed by atoms with Crippen LogP contribution in [0.15, 0.2) is 71.4 Å². The SMILES string of the molecule is Cc1c(C(=O)N2CCNC(=O)[C@@H]2Cc2cccc(-c3cccnc3)c2)oc2c(C)cccc12. The highest BCUT2D eigenvalue weighted by Crippen LogP contribution is 2.30. The van der Waals surface area contributed by atoms with Crippen LogP contribution in [0.4, 0.5) is 0 Å². The molecule has 2 aromatic heterocycles. The van der Waals surface area contributed by atoms with Crippen molar-refractivity contribution in [2.24, 2.45) is 0 Å². The van der Waals surface area contributed by atoms with E-state index in [0.29, 0.717) is 25.3 Å². The molecule has 1 aliphatic rings. The van der Waals surface area contributed by atoms with Gasteiger partial charge in [-0.3, -0.25) is 14.6 Å². The summed E-state index contributed by atoms with van der Waals surface area (Å²) in [6.07, 6.45) is 3.98. The van der Waals surface area contributed by atoms with Crippen LogP contribution in [0.3, 0.4) is 0 Å². The number of carbonyl (C=O) groups excluding carboxylic acids is 2. The largest absolute Gasteiger partial charge is 0.450 e. The summed E-state index contributed by atoms with van der Waals surface area (Å²) in [5.74, 6) is -0.0826. The van der Waals surface area contributed by atoms with Gasteiger partial charge in [0.15, 0.2) is 5.76 Å². The molecular weight excluding hydrogens is 414 g/mol. The lowest BCUT2D eigenvalue weighted by atomic mass is 9.98. The minimum atomic E-state index is -0.607. The van der Waals surface area contributed by atoms with E-state index in [1.54, 1.807) is 11.1 Å². The maximum atomic E-state index is 13.6. The number of hydrogen-bond acceptors (Lipinski definition) is 4. The van der Waals surface area contributed by atoms with Gasteiger partial charge in [-0.25, -0.2) is 0 Å². The van der Waals surface area contributed by atoms with Gasteiger partial charge in [0.25, 0.3) is 5.91 Å². The van der Waals surface area contributed by atoms with Crippen LogP contribution in [0.1, 0.15) is 27.2 Å². The van der Waals surface area contributed by atoms with Crippen LogP contribution >= 0.6 is 0 Å². The topological polar surface area (TPSA) is 75.4 Å². The third-order valence-corrected chi connectivity index (χ3v) is 6.30. The fourth-order valence-corrected chi connectivity index (χ4v) is 4.51. The molecule has 1 atom stereocenters. The Bertz CT molecular complexity index is 1340. The van der Waals surface area contributed by atoms with Crippen LogP contribution in [0.2, 0.25) is 0 Å². The zero-order valence-corrected chi connectivity index (χ0v) is 18.7. The lowest BCUT2D eigenvalue weighted by Crippen LogP contribution is -2.58. The third-order valence-electron chi connectivity index (χ3n) is 6.30. The summed E-state index contributed by atoms with van der Waals surface area (Å²) in [6, 6.07) is 17.2. The van der Waals surface area contributed by atoms with Gasteiger partial charge >= 0.3 is 0 Å². The Labute approximate surface area is 192 Å². The first-order chi connectivity index (χ1) is 16.0. The molecular formula is C27H25N3O3. The first-order valence-corrected chi connectivity index (χ1v) is 11.1.